The largest absolute Gasteiger partial charge is 0.456 e. The number of ketones is 1. The Morgan fingerprint density at radius 3 is 1.75 bits per heavy atom. The Labute approximate surface area is 360 Å². The number of likely N-dealkylation sites (tertiary alicyclic amines) is 2. The van der Waals surface area contributed by atoms with Crippen LogP contribution in [0.25, 0.3) is 22.3 Å². The molecule has 0 saturated carbocycles. The van der Waals surface area contributed by atoms with Crippen LogP contribution in [-0.4, -0.2) is 94.5 Å². The molecule has 0 spiro atoms. The van der Waals surface area contributed by atoms with Gasteiger partial charge in [-0.25, -0.2) is 0 Å². The lowest BCUT2D eigenvalue weighted by Crippen LogP contribution is -2.48. The van der Waals surface area contributed by atoms with E-state index in [4.69, 9.17) is 4.42 Å². The number of hydrogen-bond acceptors (Lipinski definition) is 7. The summed E-state index contributed by atoms with van der Waals surface area (Å²) in [7, 11) is 0. The molecule has 1 aromatic heterocycles. The van der Waals surface area contributed by atoms with Crippen LogP contribution in [0, 0.1) is 0 Å². The second-order valence-corrected chi connectivity index (χ2v) is 16.5. The van der Waals surface area contributed by atoms with Gasteiger partial charge in [0.1, 0.15) is 29.5 Å². The summed E-state index contributed by atoms with van der Waals surface area (Å²) >= 11 is 0. The molecule has 5 aromatic rings. The second kappa shape index (κ2) is 20.3. The Bertz CT molecular complexity index is 2260. The van der Waals surface area contributed by atoms with Gasteiger partial charge in [-0.15, -0.1) is 0 Å². The van der Waals surface area contributed by atoms with Crippen LogP contribution >= 0.6 is 0 Å². The van der Waals surface area contributed by atoms with Crippen LogP contribution in [0.4, 0.5) is 5.69 Å². The van der Waals surface area contributed by atoms with E-state index in [0.29, 0.717) is 43.0 Å². The molecule has 3 amide bonds. The van der Waals surface area contributed by atoms with Crippen molar-refractivity contribution in [2.24, 2.45) is 0 Å². The van der Waals surface area contributed by atoms with Gasteiger partial charge in [0.25, 0.3) is 0 Å². The maximum Gasteiger partial charge on any atom is 0.247 e. The first-order valence-corrected chi connectivity index (χ1v) is 22.4. The first-order valence-electron chi connectivity index (χ1n) is 22.4. The standard InChI is InChI=1S/C51H61N5O5/c1-5-29-53(7-3)47(38-17-11-9-12-18-38)50(59)55-31-15-21-42(55)44(57)34-36-23-28-45-40(33-36)35-46(61-45)37-24-26-41(27-25-37)52-49(58)43-22-16-32-56(43)51(60)48(54(8-4)30-6-2)39-19-13-10-14-20-39/h9-14,17-20,23-28,33,35,42-43,47-48H,5-8,15-16,21-22,29-32,34H2,1-4H3,(H,52,58)/t42-,43-,47+,48+/m0/s1. The number of carbonyl (C=O) groups is 4. The van der Waals surface area contributed by atoms with Gasteiger partial charge < -0.3 is 19.5 Å². The van der Waals surface area contributed by atoms with E-state index in [0.717, 1.165) is 79.5 Å². The summed E-state index contributed by atoms with van der Waals surface area (Å²) in [6, 6.07) is 33.3. The molecule has 10 heteroatoms. The molecule has 7 rings (SSSR count). The predicted octanol–water partition coefficient (Wildman–Crippen LogP) is 9.08. The van der Waals surface area contributed by atoms with Gasteiger partial charge in [-0.05, 0) is 124 Å². The number of hydrogen-bond donors (Lipinski definition) is 1. The molecule has 2 aliphatic heterocycles. The van der Waals surface area contributed by atoms with Gasteiger partial charge in [0, 0.05) is 36.1 Å². The molecule has 320 valence electrons. The summed E-state index contributed by atoms with van der Waals surface area (Å²) in [6.07, 6.45) is 4.96. The van der Waals surface area contributed by atoms with E-state index >= 15 is 0 Å². The minimum Gasteiger partial charge on any atom is -0.456 e. The summed E-state index contributed by atoms with van der Waals surface area (Å²) in [5, 5.41) is 3.96. The number of likely N-dealkylation sites (N-methyl/N-ethyl adjacent to an activating group) is 2. The van der Waals surface area contributed by atoms with Crippen LogP contribution in [0.1, 0.15) is 95.0 Å². The Hall–Kier alpha value is -5.58. The van der Waals surface area contributed by atoms with Gasteiger partial charge in [-0.1, -0.05) is 94.4 Å². The molecule has 4 aromatic carbocycles. The molecule has 1 N–H and O–H groups in total. The first kappa shape index (κ1) is 43.5. The number of amides is 3. The highest BCUT2D eigenvalue weighted by Crippen LogP contribution is 2.33. The minimum absolute atomic E-state index is 0.00622. The number of carbonyl (C=O) groups excluding carboxylic acids is 4. The van der Waals surface area contributed by atoms with Crippen molar-refractivity contribution in [2.45, 2.75) is 96.8 Å². The Balaban J connectivity index is 1.00. The number of nitrogens with one attached hydrogen (secondary N) is 1. The summed E-state index contributed by atoms with van der Waals surface area (Å²) in [5.41, 5.74) is 5.00. The third kappa shape index (κ3) is 9.82. The average molecular weight is 824 g/mol. The normalized spacial score (nSPS) is 17.6. The lowest BCUT2D eigenvalue weighted by atomic mass is 9.99. The molecule has 4 atom stereocenters. The Kier molecular flexibility index (Phi) is 14.5. The zero-order chi connectivity index (χ0) is 42.9. The molecule has 61 heavy (non-hydrogen) atoms. The van der Waals surface area contributed by atoms with Gasteiger partial charge in [0.05, 0.1) is 6.04 Å². The molecule has 2 aliphatic rings. The number of benzene rings is 4. The third-order valence-corrected chi connectivity index (χ3v) is 12.4. The van der Waals surface area contributed by atoms with Crippen LogP contribution in [0.15, 0.2) is 114 Å². The van der Waals surface area contributed by atoms with E-state index in [1.807, 2.05) is 114 Å². The molecule has 0 aliphatic carbocycles. The maximum absolute atomic E-state index is 14.3. The van der Waals surface area contributed by atoms with Crippen molar-refractivity contribution < 1.29 is 23.6 Å². The van der Waals surface area contributed by atoms with Crippen molar-refractivity contribution in [3.63, 3.8) is 0 Å². The second-order valence-electron chi connectivity index (χ2n) is 16.5. The average Bonchev–Trinajstić information content (AvgIpc) is 4.08. The van der Waals surface area contributed by atoms with Crippen LogP contribution in [-0.2, 0) is 25.6 Å². The van der Waals surface area contributed by atoms with Gasteiger partial charge >= 0.3 is 0 Å². The zero-order valence-corrected chi connectivity index (χ0v) is 36.2. The fraction of sp³-hybridized carbons (Fsp3) is 0.412. The minimum atomic E-state index is -0.546. The third-order valence-electron chi connectivity index (χ3n) is 12.4. The van der Waals surface area contributed by atoms with E-state index in [1.165, 1.54) is 0 Å². The molecule has 3 heterocycles. The van der Waals surface area contributed by atoms with Gasteiger partial charge in [0.2, 0.25) is 17.7 Å². The number of Topliss-reactive ketones (excluding diaryl/α,β-unsaturated/α-hetero) is 1. The first-order chi connectivity index (χ1) is 29.7. The van der Waals surface area contributed by atoms with Crippen molar-refractivity contribution in [3.8, 4) is 11.3 Å². The molecule has 2 saturated heterocycles. The number of fused-ring (bicyclic) bond motifs is 1. The van der Waals surface area contributed by atoms with E-state index in [1.54, 1.807) is 4.90 Å². The van der Waals surface area contributed by atoms with Crippen molar-refractivity contribution in [2.75, 3.05) is 44.6 Å². The highest BCUT2D eigenvalue weighted by Gasteiger charge is 2.41. The SMILES string of the molecule is CCCN(CC)[C@@H](C(=O)N1CCC[C@H]1C(=O)Cc1ccc2oc(-c3ccc(NC(=O)[C@@H]4CCCN4C(=O)[C@@H](c4ccccc4)N(CC)CCC)cc3)cc2c1)c1ccccc1. The van der Waals surface area contributed by atoms with Crippen LogP contribution < -0.4 is 5.32 Å². The van der Waals surface area contributed by atoms with Gasteiger partial charge in [-0.3, -0.25) is 29.0 Å². The number of anilines is 1. The van der Waals surface area contributed by atoms with E-state index in [-0.39, 0.29) is 29.9 Å². The van der Waals surface area contributed by atoms with Crippen LogP contribution in [0.5, 0.6) is 0 Å². The van der Waals surface area contributed by atoms with Crippen molar-refractivity contribution >= 4 is 40.2 Å². The fourth-order valence-corrected chi connectivity index (χ4v) is 9.39. The highest BCUT2D eigenvalue weighted by molar-refractivity contribution is 5.99. The summed E-state index contributed by atoms with van der Waals surface area (Å²) in [4.78, 5) is 64.2. The summed E-state index contributed by atoms with van der Waals surface area (Å²) < 4.78 is 6.25. The lowest BCUT2D eigenvalue weighted by molar-refractivity contribution is -0.142. The quantitative estimate of drug-likeness (QED) is 0.0940. The van der Waals surface area contributed by atoms with E-state index < -0.39 is 24.2 Å². The van der Waals surface area contributed by atoms with Crippen LogP contribution in [0.3, 0.4) is 0 Å². The van der Waals surface area contributed by atoms with E-state index in [9.17, 15) is 19.2 Å². The topological polar surface area (TPSA) is 106 Å². The molecule has 0 radical (unpaired) electrons. The highest BCUT2D eigenvalue weighted by atomic mass is 16.3. The Morgan fingerprint density at radius 1 is 0.672 bits per heavy atom. The molecule has 10 nitrogen and oxygen atoms in total. The molecular formula is C51H61N5O5. The number of rotatable bonds is 18. The Morgan fingerprint density at radius 2 is 1.21 bits per heavy atom. The predicted molar refractivity (Wildman–Crippen MR) is 242 cm³/mol. The molecule has 0 unspecified atom stereocenters. The van der Waals surface area contributed by atoms with Crippen molar-refractivity contribution in [1.29, 1.82) is 0 Å². The number of nitrogens with zero attached hydrogens (tertiary/aromatic N) is 4. The molecule has 0 bridgehead atoms. The molecular weight excluding hydrogens is 763 g/mol. The monoisotopic (exact) mass is 823 g/mol. The van der Waals surface area contributed by atoms with Crippen molar-refractivity contribution in [3.05, 3.63) is 126 Å². The lowest BCUT2D eigenvalue weighted by Gasteiger charge is -2.35. The maximum atomic E-state index is 14.3. The fourth-order valence-electron chi connectivity index (χ4n) is 9.39. The zero-order valence-electron chi connectivity index (χ0n) is 36.2. The van der Waals surface area contributed by atoms with Gasteiger partial charge in [0.15, 0.2) is 5.78 Å². The number of furan rings is 1. The van der Waals surface area contributed by atoms with Crippen LogP contribution in [0.2, 0.25) is 0 Å². The molecule has 2 fully saturated rings. The smallest absolute Gasteiger partial charge is 0.247 e. The summed E-state index contributed by atoms with van der Waals surface area (Å²) in [5.74, 6) is 0.524. The van der Waals surface area contributed by atoms with Gasteiger partial charge in [-0.2, -0.15) is 0 Å². The van der Waals surface area contributed by atoms with Crippen molar-refractivity contribution in [1.82, 2.24) is 19.6 Å². The summed E-state index contributed by atoms with van der Waals surface area (Å²) in [6.45, 7) is 12.6. The van der Waals surface area contributed by atoms with E-state index in [2.05, 4.69) is 42.8 Å².